The Labute approximate surface area is 193 Å². The van der Waals surface area contributed by atoms with E-state index in [0.29, 0.717) is 31.0 Å². The smallest absolute Gasteiger partial charge is 0.417 e. The molecule has 1 aliphatic heterocycles. The Morgan fingerprint density at radius 1 is 1.09 bits per heavy atom. The molecule has 0 aliphatic carbocycles. The molecule has 10 heteroatoms. The quantitative estimate of drug-likeness (QED) is 0.370. The third kappa shape index (κ3) is 7.32. The van der Waals surface area contributed by atoms with E-state index in [1.807, 2.05) is 12.1 Å². The van der Waals surface area contributed by atoms with Crippen molar-refractivity contribution in [3.05, 3.63) is 59.7 Å². The summed E-state index contributed by atoms with van der Waals surface area (Å²) in [5, 5.41) is 1.61. The molecule has 0 aromatic heterocycles. The molecule has 3 rings (SSSR count). The summed E-state index contributed by atoms with van der Waals surface area (Å²) in [7, 11) is -3.88. The van der Waals surface area contributed by atoms with Crippen LogP contribution in [0, 0.1) is 0 Å². The van der Waals surface area contributed by atoms with E-state index in [9.17, 15) is 14.2 Å². The Morgan fingerprint density at radius 2 is 1.85 bits per heavy atom. The van der Waals surface area contributed by atoms with Crippen LogP contribution in [0.3, 0.4) is 0 Å². The standard InChI is InChI=1S/C23H28NO8P/c1-4-28-23(26)17(2)31-33(27,32-21-8-6-5-7-9-21)16-29-22-11-10-20-15-24(30-18(3)25)13-12-19(20)14-22/h5-11,14,17H,4,12-13,15-16H2,1-3H3/t17-,33?/m0/s1. The highest BCUT2D eigenvalue weighted by Crippen LogP contribution is 2.49. The second-order valence-electron chi connectivity index (χ2n) is 7.42. The minimum absolute atomic E-state index is 0.177. The zero-order chi connectivity index (χ0) is 23.8. The van der Waals surface area contributed by atoms with Gasteiger partial charge in [0.25, 0.3) is 0 Å². The number of ether oxygens (including phenoxy) is 2. The molecule has 33 heavy (non-hydrogen) atoms. The summed E-state index contributed by atoms with van der Waals surface area (Å²) >= 11 is 0. The van der Waals surface area contributed by atoms with Gasteiger partial charge in [-0.2, -0.15) is 0 Å². The number of hydrogen-bond donors (Lipinski definition) is 0. The molecule has 1 unspecified atom stereocenters. The summed E-state index contributed by atoms with van der Waals surface area (Å²) in [6.45, 7) is 5.71. The molecule has 2 atom stereocenters. The second-order valence-corrected chi connectivity index (χ2v) is 9.29. The zero-order valence-electron chi connectivity index (χ0n) is 18.9. The van der Waals surface area contributed by atoms with Crippen molar-refractivity contribution in [2.45, 2.75) is 39.8 Å². The average Bonchev–Trinajstić information content (AvgIpc) is 2.78. The van der Waals surface area contributed by atoms with Crippen molar-refractivity contribution < 1.29 is 37.5 Å². The topological polar surface area (TPSA) is 101 Å². The van der Waals surface area contributed by atoms with Crippen LogP contribution in [0.5, 0.6) is 11.5 Å². The maximum atomic E-state index is 13.5. The van der Waals surface area contributed by atoms with Gasteiger partial charge in [0.2, 0.25) is 6.35 Å². The van der Waals surface area contributed by atoms with Gasteiger partial charge >= 0.3 is 19.5 Å². The van der Waals surface area contributed by atoms with E-state index in [1.54, 1.807) is 48.4 Å². The van der Waals surface area contributed by atoms with Crippen molar-refractivity contribution in [3.8, 4) is 11.5 Å². The fourth-order valence-corrected chi connectivity index (χ4v) is 4.74. The lowest BCUT2D eigenvalue weighted by Crippen LogP contribution is -2.32. The van der Waals surface area contributed by atoms with Crippen LogP contribution >= 0.6 is 7.60 Å². The van der Waals surface area contributed by atoms with Crippen molar-refractivity contribution in [1.82, 2.24) is 5.06 Å². The third-order valence-corrected chi connectivity index (χ3v) is 6.30. The highest BCUT2D eigenvalue weighted by Gasteiger charge is 2.34. The number of fused-ring (bicyclic) bond motifs is 1. The number of carbonyl (C=O) groups is 2. The molecule has 1 heterocycles. The molecular weight excluding hydrogens is 449 g/mol. The van der Waals surface area contributed by atoms with Crippen LogP contribution in [0.4, 0.5) is 0 Å². The molecule has 1 aliphatic rings. The number of rotatable bonds is 10. The molecule has 0 saturated heterocycles. The summed E-state index contributed by atoms with van der Waals surface area (Å²) in [4.78, 5) is 28.3. The van der Waals surface area contributed by atoms with Gasteiger partial charge < -0.3 is 18.8 Å². The first-order valence-corrected chi connectivity index (χ1v) is 12.4. The fraction of sp³-hybridized carbons (Fsp3) is 0.391. The lowest BCUT2D eigenvalue weighted by molar-refractivity contribution is -0.192. The van der Waals surface area contributed by atoms with Crippen molar-refractivity contribution in [2.24, 2.45) is 0 Å². The maximum Gasteiger partial charge on any atom is 0.417 e. The normalized spacial score (nSPS) is 16.1. The lowest BCUT2D eigenvalue weighted by atomic mass is 10.0. The molecule has 0 spiro atoms. The molecule has 9 nitrogen and oxygen atoms in total. The van der Waals surface area contributed by atoms with Gasteiger partial charge in [-0.25, -0.2) is 9.36 Å². The van der Waals surface area contributed by atoms with Crippen LogP contribution in [-0.2, 0) is 41.2 Å². The van der Waals surface area contributed by atoms with Crippen LogP contribution in [0.25, 0.3) is 0 Å². The number of hydroxylamine groups is 2. The van der Waals surface area contributed by atoms with Crippen molar-refractivity contribution >= 4 is 19.5 Å². The molecular formula is C23H28NO8P. The van der Waals surface area contributed by atoms with Crippen molar-refractivity contribution in [3.63, 3.8) is 0 Å². The van der Waals surface area contributed by atoms with Gasteiger partial charge in [0, 0.05) is 13.5 Å². The van der Waals surface area contributed by atoms with E-state index in [4.69, 9.17) is 23.4 Å². The summed E-state index contributed by atoms with van der Waals surface area (Å²) in [5.74, 6) is -0.180. The minimum Gasteiger partial charge on any atom is -0.480 e. The first-order chi connectivity index (χ1) is 15.8. The Morgan fingerprint density at radius 3 is 2.55 bits per heavy atom. The summed E-state index contributed by atoms with van der Waals surface area (Å²) in [6, 6.07) is 14.0. The highest BCUT2D eigenvalue weighted by atomic mass is 31.2. The molecule has 0 radical (unpaired) electrons. The largest absolute Gasteiger partial charge is 0.480 e. The molecule has 0 fully saturated rings. The van der Waals surface area contributed by atoms with E-state index in [0.717, 1.165) is 11.1 Å². The Bertz CT molecular complexity index is 1010. The van der Waals surface area contributed by atoms with Gasteiger partial charge in [-0.3, -0.25) is 9.32 Å². The van der Waals surface area contributed by atoms with E-state index >= 15 is 0 Å². The molecule has 178 valence electrons. The van der Waals surface area contributed by atoms with Crippen molar-refractivity contribution in [1.29, 1.82) is 0 Å². The van der Waals surface area contributed by atoms with Crippen LogP contribution in [0.2, 0.25) is 0 Å². The van der Waals surface area contributed by atoms with Crippen molar-refractivity contribution in [2.75, 3.05) is 19.5 Å². The molecule has 0 amide bonds. The fourth-order valence-electron chi connectivity index (χ4n) is 3.27. The molecule has 0 saturated carbocycles. The van der Waals surface area contributed by atoms with E-state index in [2.05, 4.69) is 0 Å². The number of nitrogens with zero attached hydrogens (tertiary/aromatic N) is 1. The van der Waals surface area contributed by atoms with E-state index < -0.39 is 26.0 Å². The molecule has 2 aromatic carbocycles. The summed E-state index contributed by atoms with van der Waals surface area (Å²) < 4.78 is 35.3. The zero-order valence-corrected chi connectivity index (χ0v) is 19.8. The van der Waals surface area contributed by atoms with Gasteiger partial charge in [0.1, 0.15) is 11.5 Å². The summed E-state index contributed by atoms with van der Waals surface area (Å²) in [5.41, 5.74) is 2.04. The third-order valence-electron chi connectivity index (χ3n) is 4.73. The SMILES string of the molecule is CCOC(=O)[C@H](C)OP(=O)(COc1ccc2c(c1)CCN(OC(C)=O)C2)Oc1ccccc1. The van der Waals surface area contributed by atoms with Crippen LogP contribution < -0.4 is 9.26 Å². The van der Waals surface area contributed by atoms with Crippen LogP contribution in [0.15, 0.2) is 48.5 Å². The van der Waals surface area contributed by atoms with Crippen LogP contribution in [-0.4, -0.2) is 42.6 Å². The Kier molecular flexibility index (Phi) is 8.49. The minimum atomic E-state index is -3.88. The Balaban J connectivity index is 1.70. The first-order valence-electron chi connectivity index (χ1n) is 10.6. The van der Waals surface area contributed by atoms with Crippen LogP contribution in [0.1, 0.15) is 31.9 Å². The van der Waals surface area contributed by atoms with Gasteiger partial charge in [-0.05, 0) is 55.7 Å². The molecule has 0 bridgehead atoms. The average molecular weight is 477 g/mol. The summed E-state index contributed by atoms with van der Waals surface area (Å²) in [6.07, 6.45) is -0.836. The second kappa shape index (κ2) is 11.3. The predicted molar refractivity (Wildman–Crippen MR) is 120 cm³/mol. The predicted octanol–water partition coefficient (Wildman–Crippen LogP) is 4.10. The monoisotopic (exact) mass is 477 g/mol. The number of benzene rings is 2. The van der Waals surface area contributed by atoms with Gasteiger partial charge in [-0.15, -0.1) is 5.06 Å². The molecule has 2 aromatic rings. The van der Waals surface area contributed by atoms with Gasteiger partial charge in [0.15, 0.2) is 6.10 Å². The lowest BCUT2D eigenvalue weighted by Gasteiger charge is -2.27. The Hall–Kier alpha value is -2.87. The van der Waals surface area contributed by atoms with Gasteiger partial charge in [0.05, 0.1) is 13.2 Å². The van der Waals surface area contributed by atoms with Gasteiger partial charge in [-0.1, -0.05) is 24.3 Å². The molecule has 0 N–H and O–H groups in total. The number of carbonyl (C=O) groups excluding carboxylic acids is 2. The first kappa shape index (κ1) is 24.8. The number of hydrogen-bond acceptors (Lipinski definition) is 9. The number of esters is 1. The maximum absolute atomic E-state index is 13.5. The highest BCUT2D eigenvalue weighted by molar-refractivity contribution is 7.54. The van der Waals surface area contributed by atoms with E-state index in [1.165, 1.54) is 13.8 Å². The van der Waals surface area contributed by atoms with E-state index in [-0.39, 0.29) is 12.6 Å². The number of para-hydroxylation sites is 1.